The van der Waals surface area contributed by atoms with Crippen molar-refractivity contribution in [2.45, 2.75) is 26.7 Å². The SMILES string of the molecule is Cc1ccccc1N(C)C(=O)CC(C)CC(=O)O. The van der Waals surface area contributed by atoms with Gasteiger partial charge in [0.2, 0.25) is 5.91 Å². The van der Waals surface area contributed by atoms with Crippen molar-refractivity contribution < 1.29 is 14.7 Å². The lowest BCUT2D eigenvalue weighted by Crippen LogP contribution is -2.28. The Morgan fingerprint density at radius 2 is 1.89 bits per heavy atom. The summed E-state index contributed by atoms with van der Waals surface area (Å²) >= 11 is 0. The van der Waals surface area contributed by atoms with Gasteiger partial charge in [0.15, 0.2) is 0 Å². The molecule has 18 heavy (non-hydrogen) atoms. The smallest absolute Gasteiger partial charge is 0.303 e. The Bertz CT molecular complexity index is 442. The van der Waals surface area contributed by atoms with Crippen LogP contribution in [0.3, 0.4) is 0 Å². The molecule has 0 fully saturated rings. The fourth-order valence-electron chi connectivity index (χ4n) is 1.88. The second-order valence-corrected chi connectivity index (χ2v) is 4.65. The van der Waals surface area contributed by atoms with Crippen LogP contribution in [0, 0.1) is 12.8 Å². The van der Waals surface area contributed by atoms with Crippen molar-refractivity contribution in [2.24, 2.45) is 5.92 Å². The molecular weight excluding hydrogens is 230 g/mol. The number of carbonyl (C=O) groups is 2. The number of nitrogens with zero attached hydrogens (tertiary/aromatic N) is 1. The Labute approximate surface area is 107 Å². The van der Waals surface area contributed by atoms with Crippen LogP contribution in [0.2, 0.25) is 0 Å². The number of benzene rings is 1. The molecule has 0 aromatic heterocycles. The molecule has 0 heterocycles. The molecule has 1 amide bonds. The predicted molar refractivity (Wildman–Crippen MR) is 70.6 cm³/mol. The number of aryl methyl sites for hydroxylation is 1. The van der Waals surface area contributed by atoms with Crippen LogP contribution in [0.15, 0.2) is 24.3 Å². The highest BCUT2D eigenvalue weighted by atomic mass is 16.4. The molecule has 1 atom stereocenters. The van der Waals surface area contributed by atoms with E-state index in [0.29, 0.717) is 0 Å². The third-order valence-electron chi connectivity index (χ3n) is 2.90. The standard InChI is InChI=1S/C14H19NO3/c1-10(9-14(17)18)8-13(16)15(3)12-7-5-4-6-11(12)2/h4-7,10H,8-9H2,1-3H3,(H,17,18). The van der Waals surface area contributed by atoms with E-state index in [0.717, 1.165) is 11.3 Å². The van der Waals surface area contributed by atoms with E-state index in [9.17, 15) is 9.59 Å². The summed E-state index contributed by atoms with van der Waals surface area (Å²) in [4.78, 5) is 24.2. The van der Waals surface area contributed by atoms with E-state index in [1.807, 2.05) is 31.2 Å². The van der Waals surface area contributed by atoms with Gasteiger partial charge < -0.3 is 10.0 Å². The molecule has 1 N–H and O–H groups in total. The summed E-state index contributed by atoms with van der Waals surface area (Å²) in [6, 6.07) is 7.63. The minimum Gasteiger partial charge on any atom is -0.481 e. The summed E-state index contributed by atoms with van der Waals surface area (Å²) in [5.41, 5.74) is 1.89. The van der Waals surface area contributed by atoms with Crippen molar-refractivity contribution >= 4 is 17.6 Å². The summed E-state index contributed by atoms with van der Waals surface area (Å²) in [7, 11) is 1.72. The molecule has 1 unspecified atom stereocenters. The summed E-state index contributed by atoms with van der Waals surface area (Å²) in [6.07, 6.45) is 0.268. The van der Waals surface area contributed by atoms with E-state index in [4.69, 9.17) is 5.11 Å². The summed E-state index contributed by atoms with van der Waals surface area (Å²) in [5.74, 6) is -1.08. The molecule has 0 bridgehead atoms. The Hall–Kier alpha value is -1.84. The summed E-state index contributed by atoms with van der Waals surface area (Å²) < 4.78 is 0. The lowest BCUT2D eigenvalue weighted by atomic mass is 10.0. The van der Waals surface area contributed by atoms with Gasteiger partial charge in [0.25, 0.3) is 0 Å². The number of hydrogen-bond donors (Lipinski definition) is 1. The predicted octanol–water partition coefficient (Wildman–Crippen LogP) is 2.46. The van der Waals surface area contributed by atoms with Gasteiger partial charge in [-0.25, -0.2) is 0 Å². The molecule has 0 spiro atoms. The minimum absolute atomic E-state index is 0.0212. The molecule has 0 saturated heterocycles. The number of aliphatic carboxylic acids is 1. The van der Waals surface area contributed by atoms with Gasteiger partial charge >= 0.3 is 5.97 Å². The first-order valence-electron chi connectivity index (χ1n) is 5.95. The minimum atomic E-state index is -0.867. The van der Waals surface area contributed by atoms with E-state index in [-0.39, 0.29) is 24.7 Å². The number of carboxylic acids is 1. The van der Waals surface area contributed by atoms with Crippen LogP contribution in [0.4, 0.5) is 5.69 Å². The van der Waals surface area contributed by atoms with E-state index in [1.165, 1.54) is 0 Å². The molecule has 0 aliphatic carbocycles. The van der Waals surface area contributed by atoms with Gasteiger partial charge in [-0.3, -0.25) is 9.59 Å². The van der Waals surface area contributed by atoms with Gasteiger partial charge in [-0.2, -0.15) is 0 Å². The molecule has 0 radical (unpaired) electrons. The fourth-order valence-corrected chi connectivity index (χ4v) is 1.88. The van der Waals surface area contributed by atoms with E-state index in [2.05, 4.69) is 0 Å². The van der Waals surface area contributed by atoms with Crippen LogP contribution in [0.5, 0.6) is 0 Å². The Kier molecular flexibility index (Phi) is 4.89. The first-order valence-corrected chi connectivity index (χ1v) is 5.95. The van der Waals surface area contributed by atoms with E-state index in [1.54, 1.807) is 18.9 Å². The second kappa shape index (κ2) is 6.19. The number of anilines is 1. The maximum atomic E-state index is 12.0. The number of carbonyl (C=O) groups excluding carboxylic acids is 1. The van der Waals surface area contributed by atoms with Gasteiger partial charge in [0.1, 0.15) is 0 Å². The van der Waals surface area contributed by atoms with E-state index < -0.39 is 5.97 Å². The zero-order valence-corrected chi connectivity index (χ0v) is 11.0. The molecule has 4 heteroatoms. The zero-order valence-electron chi connectivity index (χ0n) is 11.0. The average molecular weight is 249 g/mol. The van der Waals surface area contributed by atoms with Crippen LogP contribution < -0.4 is 4.90 Å². The molecule has 1 aromatic carbocycles. The molecule has 0 aliphatic rings. The Morgan fingerprint density at radius 3 is 2.44 bits per heavy atom. The van der Waals surface area contributed by atoms with Gasteiger partial charge in [-0.05, 0) is 24.5 Å². The molecule has 0 aliphatic heterocycles. The monoisotopic (exact) mass is 249 g/mol. The molecule has 1 rings (SSSR count). The first kappa shape index (κ1) is 14.2. The van der Waals surface area contributed by atoms with Crippen molar-refractivity contribution in [3.05, 3.63) is 29.8 Å². The average Bonchev–Trinajstić information content (AvgIpc) is 2.27. The van der Waals surface area contributed by atoms with Gasteiger partial charge in [0, 0.05) is 25.6 Å². The van der Waals surface area contributed by atoms with Crippen LogP contribution in [-0.4, -0.2) is 24.0 Å². The molecule has 4 nitrogen and oxygen atoms in total. The topological polar surface area (TPSA) is 57.6 Å². The highest BCUT2D eigenvalue weighted by molar-refractivity contribution is 5.93. The number of hydrogen-bond acceptors (Lipinski definition) is 2. The molecule has 1 aromatic rings. The first-order chi connectivity index (χ1) is 8.41. The molecule has 98 valence electrons. The lowest BCUT2D eigenvalue weighted by molar-refractivity contribution is -0.138. The van der Waals surface area contributed by atoms with Crippen LogP contribution in [0.1, 0.15) is 25.3 Å². The van der Waals surface area contributed by atoms with E-state index >= 15 is 0 Å². The van der Waals surface area contributed by atoms with Crippen molar-refractivity contribution in [1.82, 2.24) is 0 Å². The van der Waals surface area contributed by atoms with Crippen molar-refractivity contribution in [3.8, 4) is 0 Å². The molecular formula is C14H19NO3. The van der Waals surface area contributed by atoms with Crippen molar-refractivity contribution in [2.75, 3.05) is 11.9 Å². The zero-order chi connectivity index (χ0) is 13.7. The van der Waals surface area contributed by atoms with Crippen LogP contribution >= 0.6 is 0 Å². The maximum Gasteiger partial charge on any atom is 0.303 e. The summed E-state index contributed by atoms with van der Waals surface area (Å²) in [6.45, 7) is 3.72. The Morgan fingerprint density at radius 1 is 1.28 bits per heavy atom. The number of carboxylic acid groups (broad SMARTS) is 1. The second-order valence-electron chi connectivity index (χ2n) is 4.65. The van der Waals surface area contributed by atoms with Gasteiger partial charge in [0.05, 0.1) is 0 Å². The summed E-state index contributed by atoms with van der Waals surface area (Å²) in [5, 5.41) is 8.67. The highest BCUT2D eigenvalue weighted by Gasteiger charge is 2.17. The Balaban J connectivity index is 2.67. The van der Waals surface area contributed by atoms with Gasteiger partial charge in [-0.1, -0.05) is 25.1 Å². The number of amides is 1. The lowest BCUT2D eigenvalue weighted by Gasteiger charge is -2.21. The fraction of sp³-hybridized carbons (Fsp3) is 0.429. The quantitative estimate of drug-likeness (QED) is 0.872. The normalized spacial score (nSPS) is 11.9. The third kappa shape index (κ3) is 3.87. The van der Waals surface area contributed by atoms with Crippen molar-refractivity contribution in [3.63, 3.8) is 0 Å². The molecule has 0 saturated carbocycles. The largest absolute Gasteiger partial charge is 0.481 e. The van der Waals surface area contributed by atoms with Gasteiger partial charge in [-0.15, -0.1) is 0 Å². The highest BCUT2D eigenvalue weighted by Crippen LogP contribution is 2.20. The van der Waals surface area contributed by atoms with Crippen LogP contribution in [-0.2, 0) is 9.59 Å². The van der Waals surface area contributed by atoms with Crippen molar-refractivity contribution in [1.29, 1.82) is 0 Å². The maximum absolute atomic E-state index is 12.0. The third-order valence-corrected chi connectivity index (χ3v) is 2.90. The number of para-hydroxylation sites is 1. The number of rotatable bonds is 5. The van der Waals surface area contributed by atoms with Crippen LogP contribution in [0.25, 0.3) is 0 Å².